The van der Waals surface area contributed by atoms with Crippen molar-refractivity contribution in [2.75, 3.05) is 0 Å². The van der Waals surface area contributed by atoms with E-state index < -0.39 is 21.1 Å². The SMILES string of the molecule is CCCC(C)OC(=O)C1Cc2cc(S(=O)(=O)Cl)ccc2O1. The minimum atomic E-state index is -3.79. The van der Waals surface area contributed by atoms with Crippen molar-refractivity contribution in [1.82, 2.24) is 0 Å². The predicted octanol–water partition coefficient (Wildman–Crippen LogP) is 2.65. The molecule has 0 amide bonds. The number of rotatable bonds is 5. The molecule has 116 valence electrons. The van der Waals surface area contributed by atoms with E-state index in [9.17, 15) is 13.2 Å². The largest absolute Gasteiger partial charge is 0.478 e. The van der Waals surface area contributed by atoms with Crippen LogP contribution >= 0.6 is 10.7 Å². The summed E-state index contributed by atoms with van der Waals surface area (Å²) in [5, 5.41) is 0. The van der Waals surface area contributed by atoms with Crippen molar-refractivity contribution in [3.05, 3.63) is 23.8 Å². The summed E-state index contributed by atoms with van der Waals surface area (Å²) >= 11 is 0. The zero-order chi connectivity index (χ0) is 15.6. The third-order valence-electron chi connectivity index (χ3n) is 3.26. The molecular formula is C14H17ClO5S. The summed E-state index contributed by atoms with van der Waals surface area (Å²) in [4.78, 5) is 12.0. The average Bonchev–Trinajstić information content (AvgIpc) is 2.80. The molecule has 1 aliphatic rings. The molecule has 1 aliphatic heterocycles. The Balaban J connectivity index is 2.07. The second kappa shape index (κ2) is 6.23. The van der Waals surface area contributed by atoms with Gasteiger partial charge in [0.15, 0.2) is 6.10 Å². The van der Waals surface area contributed by atoms with Crippen LogP contribution in [0.15, 0.2) is 23.1 Å². The Morgan fingerprint density at radius 2 is 2.24 bits per heavy atom. The summed E-state index contributed by atoms with van der Waals surface area (Å²) in [6.07, 6.45) is 1.12. The summed E-state index contributed by atoms with van der Waals surface area (Å²) in [7, 11) is 1.51. The van der Waals surface area contributed by atoms with Crippen molar-refractivity contribution in [2.24, 2.45) is 0 Å². The molecule has 0 radical (unpaired) electrons. The molecule has 0 saturated carbocycles. The van der Waals surface area contributed by atoms with Crippen LogP contribution in [0.5, 0.6) is 5.75 Å². The highest BCUT2D eigenvalue weighted by molar-refractivity contribution is 8.13. The van der Waals surface area contributed by atoms with Crippen molar-refractivity contribution in [1.29, 1.82) is 0 Å². The van der Waals surface area contributed by atoms with Crippen LogP contribution in [0.2, 0.25) is 0 Å². The van der Waals surface area contributed by atoms with Crippen molar-refractivity contribution >= 4 is 25.7 Å². The third-order valence-corrected chi connectivity index (χ3v) is 4.61. The number of carbonyl (C=O) groups excluding carboxylic acids is 1. The average molecular weight is 333 g/mol. The van der Waals surface area contributed by atoms with E-state index in [4.69, 9.17) is 20.2 Å². The molecule has 0 aromatic heterocycles. The molecule has 21 heavy (non-hydrogen) atoms. The second-order valence-corrected chi connectivity index (χ2v) is 7.62. The van der Waals surface area contributed by atoms with Crippen molar-refractivity contribution in [3.8, 4) is 5.75 Å². The standard InChI is InChI=1S/C14H17ClO5S/c1-3-4-9(2)19-14(16)13-8-10-7-11(21(15,17)18)5-6-12(10)20-13/h5-7,9,13H,3-4,8H2,1-2H3. The van der Waals surface area contributed by atoms with E-state index in [0.717, 1.165) is 12.8 Å². The molecule has 1 aromatic carbocycles. The lowest BCUT2D eigenvalue weighted by atomic mass is 10.1. The van der Waals surface area contributed by atoms with Gasteiger partial charge < -0.3 is 9.47 Å². The molecule has 0 N–H and O–H groups in total. The molecule has 2 rings (SSSR count). The number of halogens is 1. The monoisotopic (exact) mass is 332 g/mol. The molecule has 5 nitrogen and oxygen atoms in total. The van der Waals surface area contributed by atoms with Gasteiger partial charge in [0.25, 0.3) is 9.05 Å². The lowest BCUT2D eigenvalue weighted by Gasteiger charge is -2.15. The van der Waals surface area contributed by atoms with Crippen LogP contribution in [0.25, 0.3) is 0 Å². The van der Waals surface area contributed by atoms with Gasteiger partial charge in [0, 0.05) is 17.1 Å². The highest BCUT2D eigenvalue weighted by atomic mass is 35.7. The zero-order valence-electron chi connectivity index (χ0n) is 11.8. The molecule has 0 spiro atoms. The Hall–Kier alpha value is -1.27. The number of carbonyl (C=O) groups is 1. The number of fused-ring (bicyclic) bond motifs is 1. The molecular weight excluding hydrogens is 316 g/mol. The summed E-state index contributed by atoms with van der Waals surface area (Å²) in [6, 6.07) is 4.29. The van der Waals surface area contributed by atoms with Crippen LogP contribution in [-0.2, 0) is 25.0 Å². The van der Waals surface area contributed by atoms with Crippen LogP contribution in [0.4, 0.5) is 0 Å². The minimum absolute atomic E-state index is 0.000106. The molecule has 0 fully saturated rings. The van der Waals surface area contributed by atoms with Gasteiger partial charge in [-0.25, -0.2) is 13.2 Å². The number of ether oxygens (including phenoxy) is 2. The van der Waals surface area contributed by atoms with Gasteiger partial charge in [0.1, 0.15) is 5.75 Å². The molecule has 0 bridgehead atoms. The minimum Gasteiger partial charge on any atom is -0.478 e. The first-order chi connectivity index (χ1) is 9.81. The zero-order valence-corrected chi connectivity index (χ0v) is 13.4. The summed E-state index contributed by atoms with van der Waals surface area (Å²) in [5.41, 5.74) is 0.641. The van der Waals surface area contributed by atoms with E-state index in [0.29, 0.717) is 11.3 Å². The van der Waals surface area contributed by atoms with E-state index >= 15 is 0 Å². The molecule has 0 saturated heterocycles. The van der Waals surface area contributed by atoms with E-state index in [1.165, 1.54) is 18.2 Å². The Labute approximate surface area is 128 Å². The lowest BCUT2D eigenvalue weighted by Crippen LogP contribution is -2.30. The van der Waals surface area contributed by atoms with E-state index in [1.807, 2.05) is 13.8 Å². The van der Waals surface area contributed by atoms with Crippen LogP contribution in [0, 0.1) is 0 Å². The lowest BCUT2D eigenvalue weighted by molar-refractivity contribution is -0.156. The maximum Gasteiger partial charge on any atom is 0.347 e. The number of esters is 1. The predicted molar refractivity (Wildman–Crippen MR) is 78.1 cm³/mol. The smallest absolute Gasteiger partial charge is 0.347 e. The first kappa shape index (κ1) is 16.1. The molecule has 2 unspecified atom stereocenters. The number of hydrogen-bond donors (Lipinski definition) is 0. The van der Waals surface area contributed by atoms with Crippen molar-refractivity contribution in [2.45, 2.75) is 50.2 Å². The van der Waals surface area contributed by atoms with Gasteiger partial charge in [-0.15, -0.1) is 0 Å². The fourth-order valence-electron chi connectivity index (χ4n) is 2.25. The fourth-order valence-corrected chi connectivity index (χ4v) is 3.05. The Kier molecular flexibility index (Phi) is 4.78. The molecule has 7 heteroatoms. The van der Waals surface area contributed by atoms with Gasteiger partial charge >= 0.3 is 5.97 Å². The number of benzene rings is 1. The van der Waals surface area contributed by atoms with Crippen molar-refractivity contribution in [3.63, 3.8) is 0 Å². The van der Waals surface area contributed by atoms with Crippen LogP contribution in [0.3, 0.4) is 0 Å². The van der Waals surface area contributed by atoms with Crippen LogP contribution < -0.4 is 4.74 Å². The molecule has 1 heterocycles. The maximum atomic E-state index is 12.0. The van der Waals surface area contributed by atoms with Gasteiger partial charge in [0.05, 0.1) is 11.0 Å². The normalized spacial score (nSPS) is 18.7. The highest BCUT2D eigenvalue weighted by Crippen LogP contribution is 2.32. The first-order valence-electron chi connectivity index (χ1n) is 6.76. The van der Waals surface area contributed by atoms with Gasteiger partial charge in [-0.3, -0.25) is 0 Å². The Bertz CT molecular complexity index is 641. The molecule has 2 atom stereocenters. The van der Waals surface area contributed by atoms with Gasteiger partial charge in [-0.1, -0.05) is 13.3 Å². The van der Waals surface area contributed by atoms with Gasteiger partial charge in [0.2, 0.25) is 0 Å². The first-order valence-corrected chi connectivity index (χ1v) is 9.07. The van der Waals surface area contributed by atoms with Crippen molar-refractivity contribution < 1.29 is 22.7 Å². The second-order valence-electron chi connectivity index (χ2n) is 5.05. The molecule has 0 aliphatic carbocycles. The molecule has 1 aromatic rings. The summed E-state index contributed by atoms with van der Waals surface area (Å²) in [5.74, 6) is 0.0617. The summed E-state index contributed by atoms with van der Waals surface area (Å²) in [6.45, 7) is 3.85. The fraction of sp³-hybridized carbons (Fsp3) is 0.500. The maximum absolute atomic E-state index is 12.0. The van der Waals surface area contributed by atoms with Gasteiger partial charge in [-0.05, 0) is 37.1 Å². The quantitative estimate of drug-likeness (QED) is 0.612. The van der Waals surface area contributed by atoms with E-state index in [2.05, 4.69) is 0 Å². The highest BCUT2D eigenvalue weighted by Gasteiger charge is 2.32. The Morgan fingerprint density at radius 1 is 1.52 bits per heavy atom. The van der Waals surface area contributed by atoms with E-state index in [1.54, 1.807) is 0 Å². The summed E-state index contributed by atoms with van der Waals surface area (Å²) < 4.78 is 33.4. The third kappa shape index (κ3) is 3.89. The topological polar surface area (TPSA) is 69.7 Å². The number of hydrogen-bond acceptors (Lipinski definition) is 5. The van der Waals surface area contributed by atoms with Gasteiger partial charge in [-0.2, -0.15) is 0 Å². The van der Waals surface area contributed by atoms with Crippen LogP contribution in [-0.4, -0.2) is 26.6 Å². The Morgan fingerprint density at radius 3 is 2.86 bits per heavy atom. The van der Waals surface area contributed by atoms with E-state index in [-0.39, 0.29) is 17.4 Å². The van der Waals surface area contributed by atoms with Crippen LogP contribution in [0.1, 0.15) is 32.3 Å².